The smallest absolute Gasteiger partial charge is 0.309 e. The molecular weight excluding hydrogens is 348 g/mol. The van der Waals surface area contributed by atoms with Crippen LogP contribution in [0.1, 0.15) is 89.5 Å². The number of rotatable bonds is 17. The number of ether oxygens (including phenoxy) is 2. The Balaban J connectivity index is 1.91. The van der Waals surface area contributed by atoms with Crippen molar-refractivity contribution in [1.82, 2.24) is 0 Å². The van der Waals surface area contributed by atoms with Crippen molar-refractivity contribution in [2.75, 3.05) is 13.7 Å². The first kappa shape index (κ1) is 24.3. The van der Waals surface area contributed by atoms with Crippen molar-refractivity contribution in [1.29, 1.82) is 0 Å². The van der Waals surface area contributed by atoms with E-state index in [1.54, 1.807) is 0 Å². The van der Waals surface area contributed by atoms with Crippen LogP contribution in [0.15, 0.2) is 36.4 Å². The molecule has 0 heterocycles. The summed E-state index contributed by atoms with van der Waals surface area (Å²) in [5.74, 6) is 0.655. The van der Waals surface area contributed by atoms with Crippen LogP contribution in [0.3, 0.4) is 0 Å². The Labute approximate surface area is 172 Å². The first-order valence-electron chi connectivity index (χ1n) is 11.2. The molecule has 1 aromatic rings. The van der Waals surface area contributed by atoms with Gasteiger partial charge in [-0.1, -0.05) is 76.2 Å². The third-order valence-electron chi connectivity index (χ3n) is 4.92. The second kappa shape index (κ2) is 17.3. The van der Waals surface area contributed by atoms with Crippen molar-refractivity contribution in [3.05, 3.63) is 42.0 Å². The van der Waals surface area contributed by atoms with Gasteiger partial charge in [-0.2, -0.15) is 0 Å². The van der Waals surface area contributed by atoms with Gasteiger partial charge in [0.25, 0.3) is 0 Å². The average molecular weight is 389 g/mol. The van der Waals surface area contributed by atoms with Gasteiger partial charge < -0.3 is 9.47 Å². The lowest BCUT2D eigenvalue weighted by Gasteiger charge is -2.07. The summed E-state index contributed by atoms with van der Waals surface area (Å²) < 4.78 is 10.4. The summed E-state index contributed by atoms with van der Waals surface area (Å²) in [7, 11) is 1.41. The number of esters is 1. The Hall–Kier alpha value is -1.77. The predicted molar refractivity (Wildman–Crippen MR) is 118 cm³/mol. The molecule has 1 rings (SSSR count). The third kappa shape index (κ3) is 13.4. The van der Waals surface area contributed by atoms with Gasteiger partial charge in [0.1, 0.15) is 5.75 Å². The van der Waals surface area contributed by atoms with Crippen LogP contribution in [0.5, 0.6) is 5.75 Å². The molecule has 0 saturated carbocycles. The zero-order valence-corrected chi connectivity index (χ0v) is 18.1. The van der Waals surface area contributed by atoms with Crippen molar-refractivity contribution in [3.8, 4) is 5.75 Å². The maximum absolute atomic E-state index is 11.2. The van der Waals surface area contributed by atoms with Crippen LogP contribution in [-0.2, 0) is 16.0 Å². The maximum atomic E-state index is 11.2. The molecule has 0 aliphatic rings. The highest BCUT2D eigenvalue weighted by atomic mass is 16.5. The minimum absolute atomic E-state index is 0.216. The van der Waals surface area contributed by atoms with Gasteiger partial charge in [-0.15, -0.1) is 0 Å². The van der Waals surface area contributed by atoms with E-state index in [0.717, 1.165) is 24.3 Å². The molecule has 0 bridgehead atoms. The van der Waals surface area contributed by atoms with Crippen molar-refractivity contribution < 1.29 is 14.3 Å². The molecule has 0 aromatic heterocycles. The lowest BCUT2D eigenvalue weighted by atomic mass is 10.1. The van der Waals surface area contributed by atoms with Gasteiger partial charge in [0.15, 0.2) is 0 Å². The van der Waals surface area contributed by atoms with Crippen molar-refractivity contribution in [2.45, 2.75) is 90.4 Å². The quantitative estimate of drug-likeness (QED) is 0.163. The molecule has 0 amide bonds. The summed E-state index contributed by atoms with van der Waals surface area (Å²) >= 11 is 0. The molecule has 0 spiro atoms. The van der Waals surface area contributed by atoms with E-state index < -0.39 is 0 Å². The topological polar surface area (TPSA) is 35.5 Å². The number of carbonyl (C=O) groups excluding carboxylic acids is 1. The van der Waals surface area contributed by atoms with Crippen molar-refractivity contribution in [3.63, 3.8) is 0 Å². The zero-order valence-electron chi connectivity index (χ0n) is 18.1. The molecule has 1 aromatic carbocycles. The van der Waals surface area contributed by atoms with Crippen molar-refractivity contribution in [2.24, 2.45) is 0 Å². The Morgan fingerprint density at radius 3 is 2.00 bits per heavy atom. The molecule has 0 radical (unpaired) electrons. The molecule has 3 heteroatoms. The van der Waals surface area contributed by atoms with E-state index in [9.17, 15) is 4.79 Å². The number of allylic oxidation sites excluding steroid dienone is 2. The Morgan fingerprint density at radius 2 is 1.39 bits per heavy atom. The summed E-state index contributed by atoms with van der Waals surface area (Å²) in [6.45, 7) is 3.02. The number of unbranched alkanes of at least 4 members (excludes halogenated alkanes) is 10. The van der Waals surface area contributed by atoms with E-state index in [1.807, 2.05) is 24.3 Å². The maximum Gasteiger partial charge on any atom is 0.309 e. The SMILES string of the molecule is CCCCCC/C=C\CCCCCCCCOc1ccc(CC(=O)OC)cc1. The van der Waals surface area contributed by atoms with Crippen LogP contribution in [0, 0.1) is 0 Å². The summed E-state index contributed by atoms with van der Waals surface area (Å²) in [5, 5.41) is 0. The van der Waals surface area contributed by atoms with E-state index in [1.165, 1.54) is 77.7 Å². The summed E-state index contributed by atoms with van der Waals surface area (Å²) in [4.78, 5) is 11.2. The van der Waals surface area contributed by atoms with E-state index in [2.05, 4.69) is 23.8 Å². The number of methoxy groups -OCH3 is 1. The van der Waals surface area contributed by atoms with Gasteiger partial charge >= 0.3 is 5.97 Å². The van der Waals surface area contributed by atoms with E-state index >= 15 is 0 Å². The highest BCUT2D eigenvalue weighted by Crippen LogP contribution is 2.14. The Bertz CT molecular complexity index is 519. The molecule has 0 aliphatic carbocycles. The lowest BCUT2D eigenvalue weighted by Crippen LogP contribution is -2.04. The van der Waals surface area contributed by atoms with Crippen LogP contribution in [0.4, 0.5) is 0 Å². The first-order valence-corrected chi connectivity index (χ1v) is 11.2. The van der Waals surface area contributed by atoms with Gasteiger partial charge in [-0.3, -0.25) is 4.79 Å². The largest absolute Gasteiger partial charge is 0.494 e. The lowest BCUT2D eigenvalue weighted by molar-refractivity contribution is -0.139. The molecule has 0 unspecified atom stereocenters. The summed E-state index contributed by atoms with van der Waals surface area (Å²) in [5.41, 5.74) is 0.950. The minimum atomic E-state index is -0.216. The number of benzene rings is 1. The fourth-order valence-electron chi connectivity index (χ4n) is 3.13. The molecule has 0 aliphatic heterocycles. The van der Waals surface area contributed by atoms with Gasteiger partial charge in [0.05, 0.1) is 20.1 Å². The van der Waals surface area contributed by atoms with Gasteiger partial charge in [-0.05, 0) is 49.8 Å². The van der Waals surface area contributed by atoms with Crippen LogP contribution < -0.4 is 4.74 Å². The normalized spacial score (nSPS) is 11.1. The number of hydrogen-bond donors (Lipinski definition) is 0. The number of hydrogen-bond acceptors (Lipinski definition) is 3. The zero-order chi connectivity index (χ0) is 20.3. The monoisotopic (exact) mass is 388 g/mol. The first-order chi connectivity index (χ1) is 13.8. The Morgan fingerprint density at radius 1 is 0.821 bits per heavy atom. The second-order valence-electron chi connectivity index (χ2n) is 7.48. The molecule has 0 saturated heterocycles. The minimum Gasteiger partial charge on any atom is -0.494 e. The molecule has 3 nitrogen and oxygen atoms in total. The van der Waals surface area contributed by atoms with Crippen LogP contribution in [0.2, 0.25) is 0 Å². The molecule has 0 fully saturated rings. The fourth-order valence-corrected chi connectivity index (χ4v) is 3.13. The standard InChI is InChI=1S/C25H40O3/c1-3-4-5-6-7-8-9-10-11-12-13-14-15-16-21-28-24-19-17-23(18-20-24)22-25(26)27-2/h8-9,17-20H,3-7,10-16,21-22H2,1-2H3/b9-8-. The summed E-state index contributed by atoms with van der Waals surface area (Å²) in [6, 6.07) is 7.70. The second-order valence-corrected chi connectivity index (χ2v) is 7.48. The Kier molecular flexibility index (Phi) is 15.0. The predicted octanol–water partition coefficient (Wildman–Crippen LogP) is 7.04. The molecular formula is C25H40O3. The highest BCUT2D eigenvalue weighted by molar-refractivity contribution is 5.72. The number of carbonyl (C=O) groups is 1. The van der Waals surface area contributed by atoms with Crippen LogP contribution in [-0.4, -0.2) is 19.7 Å². The molecule has 0 atom stereocenters. The molecule has 158 valence electrons. The molecule has 0 N–H and O–H groups in total. The third-order valence-corrected chi connectivity index (χ3v) is 4.92. The summed E-state index contributed by atoms with van der Waals surface area (Å²) in [6.07, 6.45) is 20.6. The van der Waals surface area contributed by atoms with Gasteiger partial charge in [-0.25, -0.2) is 0 Å². The van der Waals surface area contributed by atoms with Crippen molar-refractivity contribution >= 4 is 5.97 Å². The van der Waals surface area contributed by atoms with Gasteiger partial charge in [0.2, 0.25) is 0 Å². The van der Waals surface area contributed by atoms with Crippen LogP contribution in [0.25, 0.3) is 0 Å². The van der Waals surface area contributed by atoms with E-state index in [-0.39, 0.29) is 5.97 Å². The molecule has 28 heavy (non-hydrogen) atoms. The highest BCUT2D eigenvalue weighted by Gasteiger charge is 2.02. The average Bonchev–Trinajstić information content (AvgIpc) is 2.72. The fraction of sp³-hybridized carbons (Fsp3) is 0.640. The van der Waals surface area contributed by atoms with Crippen LogP contribution >= 0.6 is 0 Å². The van der Waals surface area contributed by atoms with E-state index in [0.29, 0.717) is 6.42 Å². The van der Waals surface area contributed by atoms with Gasteiger partial charge in [0, 0.05) is 0 Å². The van der Waals surface area contributed by atoms with E-state index in [4.69, 9.17) is 4.74 Å².